The fourth-order valence-corrected chi connectivity index (χ4v) is 1.64. The van der Waals surface area contributed by atoms with Gasteiger partial charge in [-0.25, -0.2) is 4.79 Å². The molecule has 0 aliphatic carbocycles. The van der Waals surface area contributed by atoms with Gasteiger partial charge in [0.15, 0.2) is 5.75 Å². The smallest absolute Gasteiger partial charge is 0.428 e. The first kappa shape index (κ1) is 15.7. The molecule has 0 saturated heterocycles. The highest BCUT2D eigenvalue weighted by molar-refractivity contribution is 9.10. The number of carbonyl (C=O) groups is 1. The number of hydrogen-bond donors (Lipinski definition) is 0. The molecule has 5 heteroatoms. The average Bonchev–Trinajstić information content (AvgIpc) is 2.40. The highest BCUT2D eigenvalue weighted by atomic mass is 79.9. The monoisotopic (exact) mass is 328 g/mol. The van der Waals surface area contributed by atoms with Gasteiger partial charge in [-0.15, -0.1) is 0 Å². The number of carbonyl (C=O) groups excluding carboxylic acids is 1. The van der Waals surface area contributed by atoms with Gasteiger partial charge >= 0.3 is 6.16 Å². The van der Waals surface area contributed by atoms with Crippen LogP contribution >= 0.6 is 15.9 Å². The van der Waals surface area contributed by atoms with Gasteiger partial charge < -0.3 is 9.47 Å². The van der Waals surface area contributed by atoms with Crippen molar-refractivity contribution in [2.75, 3.05) is 0 Å². The van der Waals surface area contributed by atoms with Crippen LogP contribution in [0.3, 0.4) is 0 Å². The summed E-state index contributed by atoms with van der Waals surface area (Å²) in [6.45, 7) is 7.13. The van der Waals surface area contributed by atoms with E-state index in [4.69, 9.17) is 9.47 Å². The van der Waals surface area contributed by atoms with Gasteiger partial charge in [0.2, 0.25) is 5.43 Å². The molecule has 19 heavy (non-hydrogen) atoms. The summed E-state index contributed by atoms with van der Waals surface area (Å²) in [4.78, 5) is 23.6. The van der Waals surface area contributed by atoms with Crippen molar-refractivity contribution in [2.45, 2.75) is 39.7 Å². The van der Waals surface area contributed by atoms with Crippen LogP contribution in [0.1, 0.15) is 33.3 Å². The Morgan fingerprint density at radius 2 is 1.95 bits per heavy atom. The molecule has 0 aliphatic rings. The zero-order valence-electron chi connectivity index (χ0n) is 11.5. The van der Waals surface area contributed by atoms with E-state index in [1.165, 1.54) is 0 Å². The van der Waals surface area contributed by atoms with E-state index in [1.807, 2.05) is 6.92 Å². The molecular weight excluding hydrogens is 312 g/mol. The molecule has 0 bridgehead atoms. The molecule has 104 valence electrons. The number of rotatable bonds is 2. The van der Waals surface area contributed by atoms with Gasteiger partial charge in [-0.05, 0) is 60.8 Å². The second-order valence-electron chi connectivity index (χ2n) is 5.01. The lowest BCUT2D eigenvalue weighted by molar-refractivity contribution is 0.0204. The van der Waals surface area contributed by atoms with Crippen molar-refractivity contribution in [3.63, 3.8) is 0 Å². The number of ether oxygens (including phenoxy) is 2. The third kappa shape index (κ3) is 5.03. The molecule has 4 nitrogen and oxygen atoms in total. The summed E-state index contributed by atoms with van der Waals surface area (Å²) in [5, 5.41) is 0. The summed E-state index contributed by atoms with van der Waals surface area (Å²) in [6.07, 6.45) is -0.157. The van der Waals surface area contributed by atoms with Gasteiger partial charge in [-0.3, -0.25) is 4.79 Å². The first-order valence-corrected chi connectivity index (χ1v) is 6.76. The van der Waals surface area contributed by atoms with Crippen molar-refractivity contribution in [2.24, 2.45) is 0 Å². The fraction of sp³-hybridized carbons (Fsp3) is 0.429. The molecule has 0 heterocycles. The normalized spacial score (nSPS) is 11.0. The zero-order valence-corrected chi connectivity index (χ0v) is 13.0. The lowest BCUT2D eigenvalue weighted by Gasteiger charge is -2.18. The Morgan fingerprint density at radius 3 is 2.47 bits per heavy atom. The van der Waals surface area contributed by atoms with Crippen LogP contribution in [0, 0.1) is 0 Å². The molecule has 0 aromatic heterocycles. The summed E-state index contributed by atoms with van der Waals surface area (Å²) in [5.74, 6) is -0.0389. The molecule has 0 atom stereocenters. The second kappa shape index (κ2) is 6.19. The summed E-state index contributed by atoms with van der Waals surface area (Å²) in [6, 6.07) is 4.99. The SMILES string of the molecule is CCc1ccc(Br)c(=O)c(OC(=O)OC(C)(C)C)c1. The van der Waals surface area contributed by atoms with E-state index in [9.17, 15) is 9.59 Å². The van der Waals surface area contributed by atoms with Gasteiger partial charge in [0.25, 0.3) is 0 Å². The first-order valence-electron chi connectivity index (χ1n) is 5.96. The van der Waals surface area contributed by atoms with Crippen molar-refractivity contribution in [1.82, 2.24) is 0 Å². The third-order valence-electron chi connectivity index (χ3n) is 2.19. The van der Waals surface area contributed by atoms with E-state index in [0.29, 0.717) is 4.47 Å². The van der Waals surface area contributed by atoms with Gasteiger partial charge in [0.1, 0.15) is 5.60 Å². The zero-order chi connectivity index (χ0) is 14.6. The molecule has 0 N–H and O–H groups in total. The lowest BCUT2D eigenvalue weighted by Crippen LogP contribution is -2.27. The Bertz CT molecular complexity index is 532. The third-order valence-corrected chi connectivity index (χ3v) is 2.82. The fourth-order valence-electron chi connectivity index (χ4n) is 1.31. The van der Waals surface area contributed by atoms with E-state index < -0.39 is 11.8 Å². The summed E-state index contributed by atoms with van der Waals surface area (Å²) in [5.41, 5.74) is -0.158. The van der Waals surface area contributed by atoms with E-state index in [0.717, 1.165) is 12.0 Å². The standard InChI is InChI=1S/C14H17BrO4/c1-5-9-6-7-10(15)12(16)11(8-9)18-13(17)19-14(2,3)4/h6-8H,5H2,1-4H3. The van der Waals surface area contributed by atoms with Gasteiger partial charge in [0, 0.05) is 0 Å². The molecule has 0 aliphatic heterocycles. The summed E-state index contributed by atoms with van der Waals surface area (Å²) < 4.78 is 10.4. The quantitative estimate of drug-likeness (QED) is 0.777. The molecule has 0 amide bonds. The molecule has 0 radical (unpaired) electrons. The van der Waals surface area contributed by atoms with Crippen LogP contribution in [-0.4, -0.2) is 11.8 Å². The van der Waals surface area contributed by atoms with Crippen LogP contribution in [-0.2, 0) is 11.2 Å². The van der Waals surface area contributed by atoms with Crippen LogP contribution in [0.4, 0.5) is 4.79 Å². The molecule has 1 rings (SSSR count). The first-order chi connectivity index (χ1) is 8.73. The number of halogens is 1. The highest BCUT2D eigenvalue weighted by Gasteiger charge is 2.19. The van der Waals surface area contributed by atoms with Crippen LogP contribution in [0.2, 0.25) is 0 Å². The van der Waals surface area contributed by atoms with Gasteiger partial charge in [-0.1, -0.05) is 13.0 Å². The number of hydrogen-bond acceptors (Lipinski definition) is 4. The Hall–Kier alpha value is -1.36. The van der Waals surface area contributed by atoms with Crippen LogP contribution in [0.25, 0.3) is 0 Å². The molecule has 0 unspecified atom stereocenters. The maximum Gasteiger partial charge on any atom is 0.514 e. The molecule has 0 saturated carbocycles. The van der Waals surface area contributed by atoms with Crippen LogP contribution in [0.5, 0.6) is 5.75 Å². The number of aryl methyl sites for hydroxylation is 1. The van der Waals surface area contributed by atoms with Crippen molar-refractivity contribution < 1.29 is 14.3 Å². The van der Waals surface area contributed by atoms with Crippen LogP contribution < -0.4 is 10.2 Å². The topological polar surface area (TPSA) is 52.6 Å². The Morgan fingerprint density at radius 1 is 1.32 bits per heavy atom. The van der Waals surface area contributed by atoms with Gasteiger partial charge in [0.05, 0.1) is 4.47 Å². The van der Waals surface area contributed by atoms with E-state index in [-0.39, 0.29) is 11.2 Å². The minimum atomic E-state index is -0.884. The highest BCUT2D eigenvalue weighted by Crippen LogP contribution is 2.15. The largest absolute Gasteiger partial charge is 0.514 e. The average molecular weight is 329 g/mol. The Kier molecular flexibility index (Phi) is 5.11. The maximum atomic E-state index is 12.0. The predicted octanol–water partition coefficient (Wildman–Crippen LogP) is 3.69. The molecule has 1 aromatic carbocycles. The van der Waals surface area contributed by atoms with E-state index in [2.05, 4.69) is 15.9 Å². The molecule has 0 fully saturated rings. The summed E-state index contributed by atoms with van der Waals surface area (Å²) in [7, 11) is 0. The van der Waals surface area contributed by atoms with Crippen molar-refractivity contribution >= 4 is 22.1 Å². The minimum Gasteiger partial charge on any atom is -0.428 e. The van der Waals surface area contributed by atoms with Crippen molar-refractivity contribution in [1.29, 1.82) is 0 Å². The van der Waals surface area contributed by atoms with Gasteiger partial charge in [-0.2, -0.15) is 0 Å². The van der Waals surface area contributed by atoms with Crippen molar-refractivity contribution in [3.05, 3.63) is 38.5 Å². The van der Waals surface area contributed by atoms with E-state index in [1.54, 1.807) is 39.0 Å². The molecular formula is C14H17BrO4. The molecule has 1 aromatic rings. The Balaban J connectivity index is 3.08. The second-order valence-corrected chi connectivity index (χ2v) is 5.87. The lowest BCUT2D eigenvalue weighted by atomic mass is 10.2. The van der Waals surface area contributed by atoms with E-state index >= 15 is 0 Å². The predicted molar refractivity (Wildman–Crippen MR) is 76.7 cm³/mol. The Labute approximate surface area is 120 Å². The minimum absolute atomic E-state index is 0.0389. The maximum absolute atomic E-state index is 12.0. The molecule has 0 spiro atoms. The van der Waals surface area contributed by atoms with Crippen molar-refractivity contribution in [3.8, 4) is 5.75 Å². The van der Waals surface area contributed by atoms with Crippen LogP contribution in [0.15, 0.2) is 27.5 Å². The summed E-state index contributed by atoms with van der Waals surface area (Å²) >= 11 is 3.15.